The molecule has 0 aliphatic rings. The van der Waals surface area contributed by atoms with Crippen LogP contribution in [0.15, 0.2) is 47.4 Å². The molecule has 20 heavy (non-hydrogen) atoms. The van der Waals surface area contributed by atoms with E-state index in [1.807, 2.05) is 0 Å². The van der Waals surface area contributed by atoms with Crippen molar-refractivity contribution in [2.75, 3.05) is 11.4 Å². The molecule has 0 radical (unpaired) electrons. The molecule has 0 N–H and O–H groups in total. The molecule has 7 heteroatoms. The van der Waals surface area contributed by atoms with E-state index < -0.39 is 32.4 Å². The van der Waals surface area contributed by atoms with Crippen LogP contribution < -0.4 is 4.31 Å². The van der Waals surface area contributed by atoms with Gasteiger partial charge in [0.15, 0.2) is 0 Å². The van der Waals surface area contributed by atoms with Crippen molar-refractivity contribution in [3.63, 3.8) is 0 Å². The highest BCUT2D eigenvalue weighted by atomic mass is 32.2. The molecule has 0 aliphatic carbocycles. The minimum absolute atomic E-state index is 0.254. The van der Waals surface area contributed by atoms with E-state index in [1.165, 1.54) is 18.2 Å². The van der Waals surface area contributed by atoms with Crippen LogP contribution in [0.3, 0.4) is 0 Å². The molecule has 106 valence electrons. The Morgan fingerprint density at radius 2 is 1.60 bits per heavy atom. The maximum Gasteiger partial charge on any atom is 0.267 e. The van der Waals surface area contributed by atoms with E-state index >= 15 is 0 Å². The summed E-state index contributed by atoms with van der Waals surface area (Å²) in [5.74, 6) is -2.78. The highest BCUT2D eigenvalue weighted by molar-refractivity contribution is 7.92. The summed E-state index contributed by atoms with van der Waals surface area (Å²) < 4.78 is 65.3. The molecule has 0 fully saturated rings. The fourth-order valence-corrected chi connectivity index (χ4v) is 2.94. The van der Waals surface area contributed by atoms with E-state index in [0.717, 1.165) is 19.2 Å². The SMILES string of the molecule is CN(c1ccccc1F)S(=O)(=O)c1cc(F)ccc1F. The third-order valence-electron chi connectivity index (χ3n) is 2.72. The number of benzene rings is 2. The lowest BCUT2D eigenvalue weighted by Gasteiger charge is -2.20. The second-order valence-corrected chi connectivity index (χ2v) is 5.94. The molecule has 0 aliphatic heterocycles. The second kappa shape index (κ2) is 5.16. The summed E-state index contributed by atoms with van der Waals surface area (Å²) >= 11 is 0. The summed E-state index contributed by atoms with van der Waals surface area (Å²) in [6.07, 6.45) is 0. The molecule has 2 aromatic carbocycles. The minimum Gasteiger partial charge on any atom is -0.266 e. The standard InChI is InChI=1S/C13H10F3NO2S/c1-17(12-5-3-2-4-10(12)15)20(18,19)13-8-9(14)6-7-11(13)16/h2-8H,1H3. The Labute approximate surface area is 114 Å². The van der Waals surface area contributed by atoms with Crippen molar-refractivity contribution in [1.29, 1.82) is 0 Å². The Balaban J connectivity index is 2.56. The number of nitrogens with zero attached hydrogens (tertiary/aromatic N) is 1. The molecule has 0 aromatic heterocycles. The zero-order valence-electron chi connectivity index (χ0n) is 10.3. The van der Waals surface area contributed by atoms with Gasteiger partial charge in [-0.1, -0.05) is 12.1 Å². The summed E-state index contributed by atoms with van der Waals surface area (Å²) in [5.41, 5.74) is -0.254. The normalized spacial score (nSPS) is 11.4. The van der Waals surface area contributed by atoms with Crippen LogP contribution >= 0.6 is 0 Å². The Hall–Kier alpha value is -2.02. The first-order valence-electron chi connectivity index (χ1n) is 5.52. The number of anilines is 1. The molecule has 0 amide bonds. The van der Waals surface area contributed by atoms with Gasteiger partial charge in [-0.25, -0.2) is 21.6 Å². The van der Waals surface area contributed by atoms with Gasteiger partial charge in [0.1, 0.15) is 22.3 Å². The van der Waals surface area contributed by atoms with Gasteiger partial charge in [-0.2, -0.15) is 0 Å². The average molecular weight is 301 g/mol. The lowest BCUT2D eigenvalue weighted by molar-refractivity contribution is 0.551. The summed E-state index contributed by atoms with van der Waals surface area (Å²) in [6.45, 7) is 0. The van der Waals surface area contributed by atoms with Crippen LogP contribution in [0.25, 0.3) is 0 Å². The summed E-state index contributed by atoms with van der Waals surface area (Å²) in [6, 6.07) is 7.19. The maximum absolute atomic E-state index is 13.6. The summed E-state index contributed by atoms with van der Waals surface area (Å²) in [5, 5.41) is 0. The smallest absolute Gasteiger partial charge is 0.266 e. The first-order valence-corrected chi connectivity index (χ1v) is 6.96. The van der Waals surface area contributed by atoms with Gasteiger partial charge in [0.2, 0.25) is 0 Å². The van der Waals surface area contributed by atoms with Crippen LogP contribution in [0.4, 0.5) is 18.9 Å². The van der Waals surface area contributed by atoms with Crippen LogP contribution in [0.2, 0.25) is 0 Å². The number of rotatable bonds is 3. The van der Waals surface area contributed by atoms with Gasteiger partial charge in [-0.3, -0.25) is 4.31 Å². The summed E-state index contributed by atoms with van der Waals surface area (Å²) in [7, 11) is -3.32. The van der Waals surface area contributed by atoms with E-state index in [0.29, 0.717) is 16.4 Å². The number of hydrogen-bond acceptors (Lipinski definition) is 2. The molecule has 2 aromatic rings. The second-order valence-electron chi connectivity index (χ2n) is 4.00. The average Bonchev–Trinajstić information content (AvgIpc) is 2.41. The Morgan fingerprint density at radius 3 is 2.25 bits per heavy atom. The fourth-order valence-electron chi connectivity index (χ4n) is 1.66. The topological polar surface area (TPSA) is 37.4 Å². The van der Waals surface area contributed by atoms with Gasteiger partial charge < -0.3 is 0 Å². The zero-order valence-corrected chi connectivity index (χ0v) is 11.2. The monoisotopic (exact) mass is 301 g/mol. The molecular weight excluding hydrogens is 291 g/mol. The van der Waals surface area contributed by atoms with Gasteiger partial charge in [0.05, 0.1) is 5.69 Å². The number of sulfonamides is 1. The van der Waals surface area contributed by atoms with Gasteiger partial charge in [0, 0.05) is 7.05 Å². The fraction of sp³-hybridized carbons (Fsp3) is 0.0769. The molecule has 0 atom stereocenters. The van der Waals surface area contributed by atoms with Crippen LogP contribution in [-0.4, -0.2) is 15.5 Å². The van der Waals surface area contributed by atoms with Gasteiger partial charge in [0.25, 0.3) is 10.0 Å². The van der Waals surface area contributed by atoms with E-state index in [2.05, 4.69) is 0 Å². The lowest BCUT2D eigenvalue weighted by atomic mass is 10.3. The van der Waals surface area contributed by atoms with Crippen LogP contribution in [0, 0.1) is 17.5 Å². The van der Waals surface area contributed by atoms with Crippen molar-refractivity contribution >= 4 is 15.7 Å². The molecule has 2 rings (SSSR count). The third kappa shape index (κ3) is 2.49. The third-order valence-corrected chi connectivity index (χ3v) is 4.51. The molecule has 0 heterocycles. The van der Waals surface area contributed by atoms with Crippen molar-refractivity contribution in [1.82, 2.24) is 0 Å². The highest BCUT2D eigenvalue weighted by Crippen LogP contribution is 2.26. The van der Waals surface area contributed by atoms with Crippen molar-refractivity contribution < 1.29 is 21.6 Å². The molecule has 0 spiro atoms. The van der Waals surface area contributed by atoms with Crippen molar-refractivity contribution in [3.8, 4) is 0 Å². The van der Waals surface area contributed by atoms with Crippen LogP contribution in [0.5, 0.6) is 0 Å². The van der Waals surface area contributed by atoms with Crippen LogP contribution in [-0.2, 0) is 10.0 Å². The van der Waals surface area contributed by atoms with E-state index in [1.54, 1.807) is 0 Å². The minimum atomic E-state index is -4.39. The van der Waals surface area contributed by atoms with Crippen molar-refractivity contribution in [2.24, 2.45) is 0 Å². The highest BCUT2D eigenvalue weighted by Gasteiger charge is 2.27. The predicted octanol–water partition coefficient (Wildman–Crippen LogP) is 2.93. The molecule has 0 saturated heterocycles. The lowest BCUT2D eigenvalue weighted by Crippen LogP contribution is -2.28. The van der Waals surface area contributed by atoms with Crippen molar-refractivity contribution in [2.45, 2.75) is 4.90 Å². The van der Waals surface area contributed by atoms with Gasteiger partial charge >= 0.3 is 0 Å². The number of halogens is 3. The van der Waals surface area contributed by atoms with Gasteiger partial charge in [-0.15, -0.1) is 0 Å². The molecule has 0 unspecified atom stereocenters. The Bertz CT molecular complexity index is 747. The quantitative estimate of drug-likeness (QED) is 0.874. The van der Waals surface area contributed by atoms with Gasteiger partial charge in [-0.05, 0) is 30.3 Å². The van der Waals surface area contributed by atoms with Crippen molar-refractivity contribution in [3.05, 3.63) is 59.9 Å². The summed E-state index contributed by atoms with van der Waals surface area (Å²) in [4.78, 5) is -0.844. The molecule has 0 bridgehead atoms. The molecule has 0 saturated carbocycles. The molecule has 3 nitrogen and oxygen atoms in total. The molecular formula is C13H10F3NO2S. The number of para-hydroxylation sites is 1. The Morgan fingerprint density at radius 1 is 0.950 bits per heavy atom. The van der Waals surface area contributed by atoms with Crippen LogP contribution in [0.1, 0.15) is 0 Å². The maximum atomic E-state index is 13.6. The largest absolute Gasteiger partial charge is 0.267 e. The Kier molecular flexibility index (Phi) is 3.71. The zero-order chi connectivity index (χ0) is 14.9. The predicted molar refractivity (Wildman–Crippen MR) is 68.3 cm³/mol. The van der Waals surface area contributed by atoms with E-state index in [-0.39, 0.29) is 5.69 Å². The van der Waals surface area contributed by atoms with E-state index in [4.69, 9.17) is 0 Å². The number of hydrogen-bond donors (Lipinski definition) is 0. The first kappa shape index (κ1) is 14.4. The van der Waals surface area contributed by atoms with E-state index in [9.17, 15) is 21.6 Å². The first-order chi connectivity index (χ1) is 9.34.